The standard InChI is InChI=1S/C13H8BrF3N2O/c14-8-2-1-6(3-9(8)15)19-13(20)7-4-10(16)11(17)5-12(7)18/h1-5H,18H2,(H,19,20). The largest absolute Gasteiger partial charge is 0.398 e. The zero-order chi connectivity index (χ0) is 14.9. The maximum atomic E-state index is 13.3. The summed E-state index contributed by atoms with van der Waals surface area (Å²) >= 11 is 2.97. The second-order valence-corrected chi connectivity index (χ2v) is 4.79. The quantitative estimate of drug-likeness (QED) is 0.816. The van der Waals surface area contributed by atoms with Gasteiger partial charge in [0.15, 0.2) is 11.6 Å². The second-order valence-electron chi connectivity index (χ2n) is 3.94. The van der Waals surface area contributed by atoms with E-state index in [9.17, 15) is 18.0 Å². The highest BCUT2D eigenvalue weighted by Gasteiger charge is 2.15. The van der Waals surface area contributed by atoms with Gasteiger partial charge >= 0.3 is 0 Å². The first-order valence-electron chi connectivity index (χ1n) is 5.39. The summed E-state index contributed by atoms with van der Waals surface area (Å²) in [7, 11) is 0. The van der Waals surface area contributed by atoms with E-state index in [2.05, 4.69) is 21.2 Å². The van der Waals surface area contributed by atoms with Gasteiger partial charge in [-0.05, 0) is 40.2 Å². The van der Waals surface area contributed by atoms with Crippen LogP contribution in [0.1, 0.15) is 10.4 Å². The average molecular weight is 345 g/mol. The molecule has 2 aromatic rings. The molecule has 0 aliphatic carbocycles. The van der Waals surface area contributed by atoms with Crippen molar-refractivity contribution in [2.24, 2.45) is 0 Å². The van der Waals surface area contributed by atoms with Crippen molar-refractivity contribution in [1.29, 1.82) is 0 Å². The van der Waals surface area contributed by atoms with Crippen molar-refractivity contribution in [3.8, 4) is 0 Å². The zero-order valence-corrected chi connectivity index (χ0v) is 11.5. The second kappa shape index (κ2) is 5.54. The Morgan fingerprint density at radius 1 is 1.05 bits per heavy atom. The van der Waals surface area contributed by atoms with E-state index in [0.29, 0.717) is 12.1 Å². The van der Waals surface area contributed by atoms with Crippen molar-refractivity contribution in [2.45, 2.75) is 0 Å². The van der Waals surface area contributed by atoms with Crippen molar-refractivity contribution in [3.63, 3.8) is 0 Å². The summed E-state index contributed by atoms with van der Waals surface area (Å²) in [6, 6.07) is 5.33. The molecule has 0 aromatic heterocycles. The highest BCUT2D eigenvalue weighted by molar-refractivity contribution is 9.10. The number of rotatable bonds is 2. The summed E-state index contributed by atoms with van der Waals surface area (Å²) in [6.07, 6.45) is 0. The van der Waals surface area contributed by atoms with Crippen LogP contribution < -0.4 is 11.1 Å². The molecule has 3 nitrogen and oxygen atoms in total. The lowest BCUT2D eigenvalue weighted by Crippen LogP contribution is -2.15. The third-order valence-corrected chi connectivity index (χ3v) is 3.16. The van der Waals surface area contributed by atoms with Crippen LogP contribution in [0.2, 0.25) is 0 Å². The van der Waals surface area contributed by atoms with E-state index in [4.69, 9.17) is 5.73 Å². The molecule has 0 saturated heterocycles. The highest BCUT2D eigenvalue weighted by atomic mass is 79.9. The molecule has 7 heteroatoms. The molecule has 2 rings (SSSR count). The van der Waals surface area contributed by atoms with Crippen LogP contribution in [-0.4, -0.2) is 5.91 Å². The van der Waals surface area contributed by atoms with Gasteiger partial charge in [-0.1, -0.05) is 0 Å². The van der Waals surface area contributed by atoms with E-state index >= 15 is 0 Å². The van der Waals surface area contributed by atoms with Crippen LogP contribution in [0.4, 0.5) is 24.5 Å². The van der Waals surface area contributed by atoms with Crippen LogP contribution in [0.15, 0.2) is 34.8 Å². The number of carbonyl (C=O) groups is 1. The van der Waals surface area contributed by atoms with Gasteiger partial charge in [-0.3, -0.25) is 4.79 Å². The molecular formula is C13H8BrF3N2O. The lowest BCUT2D eigenvalue weighted by molar-refractivity contribution is 0.102. The molecule has 0 bridgehead atoms. The molecule has 0 aliphatic heterocycles. The maximum absolute atomic E-state index is 13.3. The van der Waals surface area contributed by atoms with Gasteiger partial charge in [0, 0.05) is 17.4 Å². The molecule has 0 unspecified atom stereocenters. The van der Waals surface area contributed by atoms with Crippen LogP contribution in [-0.2, 0) is 0 Å². The summed E-state index contributed by atoms with van der Waals surface area (Å²) < 4.78 is 39.5. The number of carbonyl (C=O) groups excluding carboxylic acids is 1. The number of nitrogens with one attached hydrogen (secondary N) is 1. The lowest BCUT2D eigenvalue weighted by atomic mass is 10.1. The van der Waals surface area contributed by atoms with E-state index in [1.54, 1.807) is 0 Å². The first kappa shape index (κ1) is 14.4. The van der Waals surface area contributed by atoms with E-state index in [1.807, 2.05) is 0 Å². The summed E-state index contributed by atoms with van der Waals surface area (Å²) in [5.41, 5.74) is 5.18. The summed E-state index contributed by atoms with van der Waals surface area (Å²) in [5, 5.41) is 2.34. The number of halogens is 4. The smallest absolute Gasteiger partial charge is 0.257 e. The topological polar surface area (TPSA) is 55.1 Å². The molecule has 0 radical (unpaired) electrons. The monoisotopic (exact) mass is 344 g/mol. The van der Waals surface area contributed by atoms with Crippen LogP contribution in [0.25, 0.3) is 0 Å². The minimum Gasteiger partial charge on any atom is -0.398 e. The number of hydrogen-bond acceptors (Lipinski definition) is 2. The van der Waals surface area contributed by atoms with Gasteiger partial charge in [0.2, 0.25) is 0 Å². The Morgan fingerprint density at radius 2 is 1.70 bits per heavy atom. The molecule has 3 N–H and O–H groups in total. The number of benzene rings is 2. The minimum absolute atomic E-state index is 0.167. The van der Waals surface area contributed by atoms with Gasteiger partial charge in [0.1, 0.15) is 5.82 Å². The van der Waals surface area contributed by atoms with Gasteiger partial charge in [0.05, 0.1) is 10.0 Å². The molecule has 0 saturated carbocycles. The Morgan fingerprint density at radius 3 is 2.35 bits per heavy atom. The molecule has 104 valence electrons. The maximum Gasteiger partial charge on any atom is 0.257 e. The molecule has 1 amide bonds. The molecular weight excluding hydrogens is 337 g/mol. The van der Waals surface area contributed by atoms with Gasteiger partial charge < -0.3 is 11.1 Å². The molecule has 0 fully saturated rings. The third kappa shape index (κ3) is 2.93. The van der Waals surface area contributed by atoms with Crippen LogP contribution in [0, 0.1) is 17.5 Å². The highest BCUT2D eigenvalue weighted by Crippen LogP contribution is 2.22. The third-order valence-electron chi connectivity index (χ3n) is 2.51. The van der Waals surface area contributed by atoms with E-state index in [0.717, 1.165) is 6.07 Å². The fourth-order valence-corrected chi connectivity index (χ4v) is 1.78. The lowest BCUT2D eigenvalue weighted by Gasteiger charge is -2.08. The van der Waals surface area contributed by atoms with Crippen LogP contribution in [0.3, 0.4) is 0 Å². The Balaban J connectivity index is 2.28. The molecule has 20 heavy (non-hydrogen) atoms. The molecule has 0 spiro atoms. The summed E-state index contributed by atoms with van der Waals surface area (Å²) in [6.45, 7) is 0. The molecule has 0 aliphatic rings. The van der Waals surface area contributed by atoms with Crippen molar-refractivity contribution in [2.75, 3.05) is 11.1 Å². The first-order chi connectivity index (χ1) is 9.38. The van der Waals surface area contributed by atoms with Crippen molar-refractivity contribution in [3.05, 3.63) is 57.8 Å². The van der Waals surface area contributed by atoms with Crippen molar-refractivity contribution < 1.29 is 18.0 Å². The number of amides is 1. The number of anilines is 2. The SMILES string of the molecule is Nc1cc(F)c(F)cc1C(=O)Nc1ccc(Br)c(F)c1. The zero-order valence-electron chi connectivity index (χ0n) is 9.88. The number of nitrogen functional groups attached to an aromatic ring is 1. The molecule has 0 heterocycles. The fourth-order valence-electron chi connectivity index (χ4n) is 1.53. The van der Waals surface area contributed by atoms with Gasteiger partial charge in [-0.25, -0.2) is 13.2 Å². The normalized spacial score (nSPS) is 10.4. The minimum atomic E-state index is -1.19. The Hall–Kier alpha value is -2.02. The average Bonchev–Trinajstić information content (AvgIpc) is 2.38. The van der Waals surface area contributed by atoms with Crippen molar-refractivity contribution >= 4 is 33.2 Å². The predicted molar refractivity (Wildman–Crippen MR) is 72.8 cm³/mol. The summed E-state index contributed by atoms with van der Waals surface area (Å²) in [5.74, 6) is -3.66. The van der Waals surface area contributed by atoms with E-state index < -0.39 is 23.4 Å². The van der Waals surface area contributed by atoms with Crippen LogP contribution in [0.5, 0.6) is 0 Å². The fraction of sp³-hybridized carbons (Fsp3) is 0. The van der Waals surface area contributed by atoms with Gasteiger partial charge in [0.25, 0.3) is 5.91 Å². The first-order valence-corrected chi connectivity index (χ1v) is 6.18. The van der Waals surface area contributed by atoms with E-state index in [1.165, 1.54) is 12.1 Å². The van der Waals surface area contributed by atoms with Gasteiger partial charge in [-0.15, -0.1) is 0 Å². The number of nitrogens with two attached hydrogens (primary N) is 1. The molecule has 0 atom stereocenters. The summed E-state index contributed by atoms with van der Waals surface area (Å²) in [4.78, 5) is 11.9. The van der Waals surface area contributed by atoms with Crippen LogP contribution >= 0.6 is 15.9 Å². The van der Waals surface area contributed by atoms with E-state index in [-0.39, 0.29) is 21.4 Å². The Labute approximate surface area is 120 Å². The van der Waals surface area contributed by atoms with Crippen molar-refractivity contribution in [1.82, 2.24) is 0 Å². The van der Waals surface area contributed by atoms with Gasteiger partial charge in [-0.2, -0.15) is 0 Å². The Kier molecular flexibility index (Phi) is 3.99. The molecule has 2 aromatic carbocycles. The predicted octanol–water partition coefficient (Wildman–Crippen LogP) is 3.70. The number of hydrogen-bond donors (Lipinski definition) is 2. The Bertz CT molecular complexity index is 692.